The van der Waals surface area contributed by atoms with Gasteiger partial charge in [0.1, 0.15) is 0 Å². The summed E-state index contributed by atoms with van der Waals surface area (Å²) in [6, 6.07) is 17.6. The van der Waals surface area contributed by atoms with Crippen LogP contribution in [-0.4, -0.2) is 25.0 Å². The van der Waals surface area contributed by atoms with Crippen molar-refractivity contribution in [2.24, 2.45) is 0 Å². The van der Waals surface area contributed by atoms with Crippen LogP contribution in [0.5, 0.6) is 0 Å². The van der Waals surface area contributed by atoms with E-state index < -0.39 is 0 Å². The van der Waals surface area contributed by atoms with Crippen LogP contribution in [0.25, 0.3) is 22.2 Å². The highest BCUT2D eigenvalue weighted by Gasteiger charge is 2.20. The van der Waals surface area contributed by atoms with Crippen molar-refractivity contribution < 1.29 is 4.79 Å². The van der Waals surface area contributed by atoms with Gasteiger partial charge in [0.25, 0.3) is 5.91 Å². The van der Waals surface area contributed by atoms with Crippen molar-refractivity contribution in [3.05, 3.63) is 60.2 Å². The number of benzene rings is 2. The van der Waals surface area contributed by atoms with E-state index in [1.165, 1.54) is 0 Å². The smallest absolute Gasteiger partial charge is 0.255 e. The number of pyridine rings is 1. The molecule has 0 radical (unpaired) electrons. The average molecular weight is 291 g/mol. The van der Waals surface area contributed by atoms with Crippen molar-refractivity contribution in [3.63, 3.8) is 0 Å². The summed E-state index contributed by atoms with van der Waals surface area (Å²) >= 11 is 0. The van der Waals surface area contributed by atoms with Crippen molar-refractivity contribution in [3.8, 4) is 11.3 Å². The lowest BCUT2D eigenvalue weighted by molar-refractivity contribution is 0.0964. The first-order valence-electron chi connectivity index (χ1n) is 7.14. The molecule has 0 spiro atoms. The molecule has 0 atom stereocenters. The van der Waals surface area contributed by atoms with E-state index in [4.69, 9.17) is 4.98 Å². The maximum absolute atomic E-state index is 12.4. The van der Waals surface area contributed by atoms with Gasteiger partial charge >= 0.3 is 0 Å². The van der Waals surface area contributed by atoms with E-state index in [1.807, 2.05) is 61.6 Å². The number of para-hydroxylation sites is 1. The number of nitrogens with zero attached hydrogens (tertiary/aromatic N) is 1. The minimum atomic E-state index is -0.151. The van der Waals surface area contributed by atoms with Crippen LogP contribution in [0, 0.1) is 0 Å². The molecule has 1 heterocycles. The first-order chi connectivity index (χ1) is 10.8. The average Bonchev–Trinajstić information content (AvgIpc) is 2.60. The highest BCUT2D eigenvalue weighted by Crippen LogP contribution is 2.33. The summed E-state index contributed by atoms with van der Waals surface area (Å²) in [7, 11) is 3.45. The topological polar surface area (TPSA) is 54.0 Å². The summed E-state index contributed by atoms with van der Waals surface area (Å²) < 4.78 is 0. The molecule has 4 nitrogen and oxygen atoms in total. The molecule has 0 bridgehead atoms. The Kier molecular flexibility index (Phi) is 3.74. The van der Waals surface area contributed by atoms with E-state index in [0.29, 0.717) is 11.3 Å². The van der Waals surface area contributed by atoms with Crippen molar-refractivity contribution in [2.75, 3.05) is 19.4 Å². The van der Waals surface area contributed by atoms with Gasteiger partial charge < -0.3 is 10.6 Å². The number of carbonyl (C=O) groups excluding carboxylic acids is 1. The molecule has 1 amide bonds. The quantitative estimate of drug-likeness (QED) is 0.778. The molecule has 0 saturated carbocycles. The van der Waals surface area contributed by atoms with Gasteiger partial charge in [0, 0.05) is 25.0 Å². The summed E-state index contributed by atoms with van der Waals surface area (Å²) in [5.74, 6) is -0.151. The molecule has 2 N–H and O–H groups in total. The molecule has 0 aliphatic carbocycles. The molecule has 0 unspecified atom stereocenters. The molecule has 0 aliphatic rings. The third-order valence-electron chi connectivity index (χ3n) is 3.64. The Bertz CT molecular complexity index is 828. The predicted octanol–water partition coefficient (Wildman–Crippen LogP) is 3.30. The van der Waals surface area contributed by atoms with Crippen LogP contribution in [0.1, 0.15) is 10.4 Å². The van der Waals surface area contributed by atoms with Gasteiger partial charge in [0.15, 0.2) is 0 Å². The fourth-order valence-electron chi connectivity index (χ4n) is 2.62. The minimum Gasteiger partial charge on any atom is -0.387 e. The monoisotopic (exact) mass is 291 g/mol. The summed E-state index contributed by atoms with van der Waals surface area (Å²) in [5.41, 5.74) is 3.82. The number of carbonyl (C=O) groups is 1. The van der Waals surface area contributed by atoms with Gasteiger partial charge in [0.05, 0.1) is 22.5 Å². The Balaban J connectivity index is 2.41. The number of fused-ring (bicyclic) bond motifs is 1. The largest absolute Gasteiger partial charge is 0.387 e. The Morgan fingerprint density at radius 2 is 1.64 bits per heavy atom. The molecule has 0 aliphatic heterocycles. The molecule has 0 fully saturated rings. The number of nitrogens with one attached hydrogen (secondary N) is 2. The molecular weight excluding hydrogens is 274 g/mol. The van der Waals surface area contributed by atoms with E-state index in [1.54, 1.807) is 7.05 Å². The van der Waals surface area contributed by atoms with Crippen molar-refractivity contribution >= 4 is 22.5 Å². The number of hydrogen-bond acceptors (Lipinski definition) is 3. The highest BCUT2D eigenvalue weighted by molar-refractivity contribution is 6.11. The van der Waals surface area contributed by atoms with E-state index >= 15 is 0 Å². The van der Waals surface area contributed by atoms with Crippen LogP contribution in [0.2, 0.25) is 0 Å². The van der Waals surface area contributed by atoms with Gasteiger partial charge in [-0.25, -0.2) is 4.98 Å². The van der Waals surface area contributed by atoms with Gasteiger partial charge in [-0.1, -0.05) is 48.5 Å². The van der Waals surface area contributed by atoms with Gasteiger partial charge in [0.2, 0.25) is 0 Å². The maximum atomic E-state index is 12.4. The Hall–Kier alpha value is -2.88. The van der Waals surface area contributed by atoms with E-state index in [-0.39, 0.29) is 5.91 Å². The number of hydrogen-bond donors (Lipinski definition) is 2. The fraction of sp³-hybridized carbons (Fsp3) is 0.111. The Labute approximate surface area is 129 Å². The summed E-state index contributed by atoms with van der Waals surface area (Å²) in [6.07, 6.45) is 0. The normalized spacial score (nSPS) is 10.5. The Morgan fingerprint density at radius 1 is 0.955 bits per heavy atom. The first kappa shape index (κ1) is 14.1. The molecule has 110 valence electrons. The number of aromatic nitrogens is 1. The first-order valence-corrected chi connectivity index (χ1v) is 7.14. The lowest BCUT2D eigenvalue weighted by atomic mass is 10.00. The fourth-order valence-corrected chi connectivity index (χ4v) is 2.62. The van der Waals surface area contributed by atoms with Crippen molar-refractivity contribution in [2.45, 2.75) is 0 Å². The SMILES string of the molecule is CNC(=O)c1c(-c2ccccc2)nc2ccccc2c1NC. The van der Waals surface area contributed by atoms with Gasteiger partial charge in [-0.3, -0.25) is 4.79 Å². The molecule has 2 aromatic carbocycles. The zero-order chi connectivity index (χ0) is 15.5. The number of anilines is 1. The zero-order valence-corrected chi connectivity index (χ0v) is 12.6. The molecule has 1 aromatic heterocycles. The second-order valence-electron chi connectivity index (χ2n) is 4.92. The zero-order valence-electron chi connectivity index (χ0n) is 12.6. The summed E-state index contributed by atoms with van der Waals surface area (Å²) in [6.45, 7) is 0. The number of amides is 1. The molecular formula is C18H17N3O. The maximum Gasteiger partial charge on any atom is 0.255 e. The van der Waals surface area contributed by atoms with Crippen LogP contribution in [0.3, 0.4) is 0 Å². The molecule has 3 rings (SSSR count). The van der Waals surface area contributed by atoms with E-state index in [9.17, 15) is 4.79 Å². The van der Waals surface area contributed by atoms with Crippen LogP contribution < -0.4 is 10.6 Å². The Morgan fingerprint density at radius 3 is 2.32 bits per heavy atom. The highest BCUT2D eigenvalue weighted by atomic mass is 16.1. The summed E-state index contributed by atoms with van der Waals surface area (Å²) in [5, 5.41) is 6.81. The third kappa shape index (κ3) is 2.29. The van der Waals surface area contributed by atoms with Crippen molar-refractivity contribution in [1.82, 2.24) is 10.3 Å². The minimum absolute atomic E-state index is 0.151. The van der Waals surface area contributed by atoms with E-state index in [2.05, 4.69) is 10.6 Å². The molecule has 3 aromatic rings. The third-order valence-corrected chi connectivity index (χ3v) is 3.64. The second-order valence-corrected chi connectivity index (χ2v) is 4.92. The van der Waals surface area contributed by atoms with Gasteiger partial charge in [-0.2, -0.15) is 0 Å². The summed E-state index contributed by atoms with van der Waals surface area (Å²) in [4.78, 5) is 17.2. The predicted molar refractivity (Wildman–Crippen MR) is 90.1 cm³/mol. The van der Waals surface area contributed by atoms with Crippen LogP contribution >= 0.6 is 0 Å². The van der Waals surface area contributed by atoms with Crippen molar-refractivity contribution in [1.29, 1.82) is 0 Å². The van der Waals surface area contributed by atoms with Crippen LogP contribution in [0.15, 0.2) is 54.6 Å². The lowest BCUT2D eigenvalue weighted by Gasteiger charge is -2.16. The van der Waals surface area contributed by atoms with Crippen LogP contribution in [0.4, 0.5) is 5.69 Å². The number of rotatable bonds is 3. The van der Waals surface area contributed by atoms with Gasteiger partial charge in [-0.05, 0) is 6.07 Å². The molecule has 22 heavy (non-hydrogen) atoms. The lowest BCUT2D eigenvalue weighted by Crippen LogP contribution is -2.21. The molecule has 0 saturated heterocycles. The standard InChI is InChI=1S/C18H17N3O/c1-19-17-13-10-6-7-11-14(13)21-16(15(17)18(22)20-2)12-8-4-3-5-9-12/h3-11H,1-2H3,(H,19,21)(H,20,22). The van der Waals surface area contributed by atoms with E-state index in [0.717, 1.165) is 22.2 Å². The van der Waals surface area contributed by atoms with Gasteiger partial charge in [-0.15, -0.1) is 0 Å². The second kappa shape index (κ2) is 5.85. The molecule has 4 heteroatoms. The van der Waals surface area contributed by atoms with Crippen LogP contribution in [-0.2, 0) is 0 Å².